The molecule has 0 fully saturated rings. The second-order valence-corrected chi connectivity index (χ2v) is 3.24. The topological polar surface area (TPSA) is 47.6 Å². The van der Waals surface area contributed by atoms with Crippen molar-refractivity contribution in [3.8, 4) is 6.07 Å². The fourth-order valence-corrected chi connectivity index (χ4v) is 1.26. The zero-order valence-electron chi connectivity index (χ0n) is 6.34. The van der Waals surface area contributed by atoms with Crippen LogP contribution < -0.4 is 0 Å². The number of rotatable bonds is 2. The van der Waals surface area contributed by atoms with Crippen molar-refractivity contribution in [1.82, 2.24) is 0 Å². The molecule has 0 saturated heterocycles. The molecular formula is C9H7BrN2. The average Bonchev–Trinajstić information content (AvgIpc) is 2.05. The largest absolute Gasteiger partial charge is 0.304 e. The quantitative estimate of drug-likeness (QED) is 0.769. The van der Waals surface area contributed by atoms with E-state index in [4.69, 9.17) is 10.7 Å². The van der Waals surface area contributed by atoms with E-state index in [0.717, 1.165) is 10.0 Å². The van der Waals surface area contributed by atoms with Gasteiger partial charge in [0.15, 0.2) is 0 Å². The summed E-state index contributed by atoms with van der Waals surface area (Å²) in [5, 5.41) is 15.8. The zero-order valence-corrected chi connectivity index (χ0v) is 7.93. The van der Waals surface area contributed by atoms with E-state index in [2.05, 4.69) is 15.9 Å². The van der Waals surface area contributed by atoms with Gasteiger partial charge in [-0.05, 0) is 17.7 Å². The maximum atomic E-state index is 8.36. The fraction of sp³-hybridized carbons (Fsp3) is 0.111. The summed E-state index contributed by atoms with van der Waals surface area (Å²) in [4.78, 5) is 0. The molecule has 0 amide bonds. The summed E-state index contributed by atoms with van der Waals surface area (Å²) < 4.78 is 0.933. The predicted octanol–water partition coefficient (Wildman–Crippen LogP) is 2.73. The number of hydrogen-bond donors (Lipinski definition) is 1. The lowest BCUT2D eigenvalue weighted by Crippen LogP contribution is -1.96. The van der Waals surface area contributed by atoms with Crippen molar-refractivity contribution in [2.45, 2.75) is 6.42 Å². The minimum Gasteiger partial charge on any atom is -0.304 e. The highest BCUT2D eigenvalue weighted by atomic mass is 79.9. The molecule has 2 nitrogen and oxygen atoms in total. The van der Waals surface area contributed by atoms with Crippen LogP contribution in [-0.4, -0.2) is 5.71 Å². The van der Waals surface area contributed by atoms with Crippen LogP contribution in [0.25, 0.3) is 0 Å². The molecule has 0 atom stereocenters. The second kappa shape index (κ2) is 4.03. The first-order valence-electron chi connectivity index (χ1n) is 3.44. The standard InChI is InChI=1S/C9H7BrN2/c10-8-3-1-2-7(6-8)9(12)4-5-11/h1-3,6,12H,4H2. The Morgan fingerprint density at radius 3 is 2.92 bits per heavy atom. The first kappa shape index (κ1) is 8.95. The molecule has 0 aliphatic heterocycles. The molecule has 1 rings (SSSR count). The molecule has 1 aromatic rings. The van der Waals surface area contributed by atoms with E-state index in [9.17, 15) is 0 Å². The van der Waals surface area contributed by atoms with Crippen molar-refractivity contribution in [2.24, 2.45) is 0 Å². The van der Waals surface area contributed by atoms with Crippen LogP contribution >= 0.6 is 15.9 Å². The lowest BCUT2D eigenvalue weighted by atomic mass is 10.1. The molecule has 0 heterocycles. The van der Waals surface area contributed by atoms with Crippen LogP contribution in [0.4, 0.5) is 0 Å². The van der Waals surface area contributed by atoms with Gasteiger partial charge in [0, 0.05) is 4.47 Å². The van der Waals surface area contributed by atoms with Crippen molar-refractivity contribution in [1.29, 1.82) is 10.7 Å². The maximum absolute atomic E-state index is 8.36. The number of nitrogens with zero attached hydrogens (tertiary/aromatic N) is 1. The van der Waals surface area contributed by atoms with Gasteiger partial charge in [-0.3, -0.25) is 0 Å². The predicted molar refractivity (Wildman–Crippen MR) is 51.2 cm³/mol. The molecule has 12 heavy (non-hydrogen) atoms. The Labute approximate surface area is 79.5 Å². The second-order valence-electron chi connectivity index (χ2n) is 2.32. The summed E-state index contributed by atoms with van der Waals surface area (Å²) in [7, 11) is 0. The first-order valence-corrected chi connectivity index (χ1v) is 4.23. The van der Waals surface area contributed by atoms with Crippen LogP contribution in [0.15, 0.2) is 28.7 Å². The molecule has 1 N–H and O–H groups in total. The minimum atomic E-state index is 0.163. The van der Waals surface area contributed by atoms with E-state index < -0.39 is 0 Å². The van der Waals surface area contributed by atoms with Crippen molar-refractivity contribution in [3.63, 3.8) is 0 Å². The first-order chi connectivity index (χ1) is 5.74. The molecular weight excluding hydrogens is 216 g/mol. The third-order valence-electron chi connectivity index (χ3n) is 1.43. The van der Waals surface area contributed by atoms with Crippen molar-refractivity contribution >= 4 is 21.6 Å². The molecule has 0 aliphatic rings. The molecule has 0 radical (unpaired) electrons. The van der Waals surface area contributed by atoms with Crippen LogP contribution in [0, 0.1) is 16.7 Å². The SMILES string of the molecule is N#CCC(=N)c1cccc(Br)c1. The normalized spacial score (nSPS) is 9.00. The number of hydrogen-bond acceptors (Lipinski definition) is 2. The van der Waals surface area contributed by atoms with E-state index in [1.807, 2.05) is 30.3 Å². The lowest BCUT2D eigenvalue weighted by molar-refractivity contribution is 1.33. The Morgan fingerprint density at radius 1 is 1.58 bits per heavy atom. The molecule has 1 aromatic carbocycles. The number of nitrogens with one attached hydrogen (secondary N) is 1. The van der Waals surface area contributed by atoms with E-state index in [0.29, 0.717) is 5.71 Å². The van der Waals surface area contributed by atoms with Gasteiger partial charge in [0.2, 0.25) is 0 Å². The van der Waals surface area contributed by atoms with Crippen molar-refractivity contribution in [2.75, 3.05) is 0 Å². The van der Waals surface area contributed by atoms with Gasteiger partial charge in [0.05, 0.1) is 18.2 Å². The van der Waals surface area contributed by atoms with Gasteiger partial charge in [-0.2, -0.15) is 5.26 Å². The smallest absolute Gasteiger partial charge is 0.0773 e. The number of halogens is 1. The highest BCUT2D eigenvalue weighted by Gasteiger charge is 1.99. The minimum absolute atomic E-state index is 0.163. The highest BCUT2D eigenvalue weighted by Crippen LogP contribution is 2.12. The Hall–Kier alpha value is -1.14. The van der Waals surface area contributed by atoms with E-state index in [1.54, 1.807) is 0 Å². The summed E-state index contributed by atoms with van der Waals surface area (Å²) in [6.45, 7) is 0. The number of benzene rings is 1. The van der Waals surface area contributed by atoms with Gasteiger partial charge in [0.1, 0.15) is 0 Å². The molecule has 0 spiro atoms. The molecule has 3 heteroatoms. The Kier molecular flexibility index (Phi) is 3.01. The fourth-order valence-electron chi connectivity index (χ4n) is 0.857. The lowest BCUT2D eigenvalue weighted by Gasteiger charge is -1.98. The van der Waals surface area contributed by atoms with E-state index in [1.165, 1.54) is 0 Å². The summed E-state index contributed by atoms with van der Waals surface area (Å²) >= 11 is 3.30. The van der Waals surface area contributed by atoms with Crippen LogP contribution in [0.3, 0.4) is 0 Å². The summed E-state index contributed by atoms with van der Waals surface area (Å²) in [5.41, 5.74) is 1.16. The zero-order chi connectivity index (χ0) is 8.97. The molecule has 60 valence electrons. The molecule has 0 unspecified atom stereocenters. The van der Waals surface area contributed by atoms with Crippen LogP contribution in [-0.2, 0) is 0 Å². The van der Waals surface area contributed by atoms with E-state index in [-0.39, 0.29) is 6.42 Å². The Morgan fingerprint density at radius 2 is 2.33 bits per heavy atom. The maximum Gasteiger partial charge on any atom is 0.0773 e. The third-order valence-corrected chi connectivity index (χ3v) is 1.92. The average molecular weight is 223 g/mol. The molecule has 0 aliphatic carbocycles. The van der Waals surface area contributed by atoms with Crippen molar-refractivity contribution < 1.29 is 0 Å². The van der Waals surface area contributed by atoms with Crippen LogP contribution in [0.2, 0.25) is 0 Å². The summed E-state index contributed by atoms with van der Waals surface area (Å²) in [5.74, 6) is 0. The van der Waals surface area contributed by atoms with Gasteiger partial charge in [-0.15, -0.1) is 0 Å². The highest BCUT2D eigenvalue weighted by molar-refractivity contribution is 9.10. The van der Waals surface area contributed by atoms with E-state index >= 15 is 0 Å². The van der Waals surface area contributed by atoms with Gasteiger partial charge in [-0.1, -0.05) is 28.1 Å². The Bertz CT molecular complexity index is 339. The molecule has 0 aromatic heterocycles. The van der Waals surface area contributed by atoms with Gasteiger partial charge >= 0.3 is 0 Å². The third kappa shape index (κ3) is 2.18. The summed E-state index contributed by atoms with van der Waals surface area (Å²) in [6, 6.07) is 9.35. The molecule has 0 bridgehead atoms. The van der Waals surface area contributed by atoms with Crippen LogP contribution in [0.5, 0.6) is 0 Å². The monoisotopic (exact) mass is 222 g/mol. The molecule has 0 saturated carbocycles. The van der Waals surface area contributed by atoms with Crippen molar-refractivity contribution in [3.05, 3.63) is 34.3 Å². The Balaban J connectivity index is 2.90. The van der Waals surface area contributed by atoms with Gasteiger partial charge in [-0.25, -0.2) is 0 Å². The number of nitriles is 1. The summed E-state index contributed by atoms with van der Waals surface area (Å²) in [6.07, 6.45) is 0.163. The van der Waals surface area contributed by atoms with Gasteiger partial charge < -0.3 is 5.41 Å². The van der Waals surface area contributed by atoms with Gasteiger partial charge in [0.25, 0.3) is 0 Å². The van der Waals surface area contributed by atoms with Crippen LogP contribution in [0.1, 0.15) is 12.0 Å².